The van der Waals surface area contributed by atoms with E-state index in [1.165, 1.54) is 6.92 Å². The van der Waals surface area contributed by atoms with Crippen molar-refractivity contribution in [2.45, 2.75) is 32.2 Å². The first-order valence-electron chi connectivity index (χ1n) is 6.21. The molecule has 0 unspecified atom stereocenters. The summed E-state index contributed by atoms with van der Waals surface area (Å²) >= 11 is 4.05. The van der Waals surface area contributed by atoms with Gasteiger partial charge in [0.05, 0.1) is 6.04 Å². The van der Waals surface area contributed by atoms with Crippen molar-refractivity contribution in [2.75, 3.05) is 5.75 Å². The van der Waals surface area contributed by atoms with Crippen LogP contribution in [0.3, 0.4) is 0 Å². The van der Waals surface area contributed by atoms with Crippen LogP contribution in [0.15, 0.2) is 24.3 Å². The number of carbonyl (C=O) groups excluding carboxylic acids is 2. The fourth-order valence-corrected chi connectivity index (χ4v) is 1.83. The van der Waals surface area contributed by atoms with Crippen LogP contribution in [0.25, 0.3) is 0 Å². The van der Waals surface area contributed by atoms with Crippen LogP contribution >= 0.6 is 12.6 Å². The van der Waals surface area contributed by atoms with Crippen LogP contribution in [0.4, 0.5) is 0 Å². The molecule has 104 valence electrons. The first-order valence-corrected chi connectivity index (χ1v) is 6.84. The van der Waals surface area contributed by atoms with Crippen LogP contribution in [0.2, 0.25) is 0 Å². The molecule has 0 radical (unpaired) electrons. The summed E-state index contributed by atoms with van der Waals surface area (Å²) in [7, 11) is 0. The van der Waals surface area contributed by atoms with Gasteiger partial charge in [0.25, 0.3) is 0 Å². The number of amides is 1. The van der Waals surface area contributed by atoms with E-state index < -0.39 is 6.04 Å². The van der Waals surface area contributed by atoms with Gasteiger partial charge in [-0.3, -0.25) is 9.59 Å². The highest BCUT2D eigenvalue weighted by atomic mass is 32.1. The van der Waals surface area contributed by atoms with Gasteiger partial charge in [-0.2, -0.15) is 12.6 Å². The second kappa shape index (κ2) is 7.84. The van der Waals surface area contributed by atoms with Crippen LogP contribution in [0, 0.1) is 0 Å². The molecule has 2 N–H and O–H groups in total. The molecule has 0 aromatic heterocycles. The Hall–Kier alpha value is -1.49. The first-order chi connectivity index (χ1) is 9.02. The third kappa shape index (κ3) is 5.79. The predicted octanol–water partition coefficient (Wildman–Crippen LogP) is 1.72. The van der Waals surface area contributed by atoms with E-state index >= 15 is 0 Å². The summed E-state index contributed by atoms with van der Waals surface area (Å²) in [5, 5.41) is 11.9. The van der Waals surface area contributed by atoms with Crippen molar-refractivity contribution >= 4 is 24.3 Å². The van der Waals surface area contributed by atoms with Crippen LogP contribution in [-0.2, 0) is 16.0 Å². The molecule has 0 aliphatic heterocycles. The van der Waals surface area contributed by atoms with Gasteiger partial charge in [0.1, 0.15) is 5.75 Å². The third-order valence-electron chi connectivity index (χ3n) is 2.76. The number of ketones is 1. The topological polar surface area (TPSA) is 66.4 Å². The normalized spacial score (nSPS) is 11.9. The second-order valence-electron chi connectivity index (χ2n) is 4.43. The third-order valence-corrected chi connectivity index (χ3v) is 3.08. The Morgan fingerprint density at radius 2 is 1.95 bits per heavy atom. The van der Waals surface area contributed by atoms with E-state index in [9.17, 15) is 14.7 Å². The van der Waals surface area contributed by atoms with Crippen molar-refractivity contribution in [3.63, 3.8) is 0 Å². The molecule has 0 bridgehead atoms. The number of aromatic hydroxyl groups is 1. The molecule has 0 aliphatic rings. The zero-order valence-corrected chi connectivity index (χ0v) is 11.8. The molecule has 4 nitrogen and oxygen atoms in total. The number of nitrogens with one attached hydrogen (secondary N) is 1. The molecule has 1 atom stereocenters. The summed E-state index contributed by atoms with van der Waals surface area (Å²) in [6.07, 6.45) is 1.50. The molecule has 19 heavy (non-hydrogen) atoms. The Bertz CT molecular complexity index is 431. The molecule has 0 heterocycles. The lowest BCUT2D eigenvalue weighted by Gasteiger charge is -2.16. The average Bonchev–Trinajstić information content (AvgIpc) is 2.38. The number of hydrogen-bond acceptors (Lipinski definition) is 4. The number of phenols is 1. The quantitative estimate of drug-likeness (QED) is 0.667. The van der Waals surface area contributed by atoms with Gasteiger partial charge in [0.15, 0.2) is 5.78 Å². The molecule has 5 heteroatoms. The molecule has 1 rings (SSSR count). The van der Waals surface area contributed by atoms with Crippen LogP contribution in [0.5, 0.6) is 5.75 Å². The maximum atomic E-state index is 11.6. The number of phenolic OH excluding ortho intramolecular Hbond substituents is 1. The van der Waals surface area contributed by atoms with Crippen LogP contribution in [0.1, 0.15) is 25.3 Å². The zero-order chi connectivity index (χ0) is 14.3. The number of thiol groups is 1. The summed E-state index contributed by atoms with van der Waals surface area (Å²) < 4.78 is 0. The van der Waals surface area contributed by atoms with Crippen molar-refractivity contribution in [1.82, 2.24) is 5.32 Å². The maximum absolute atomic E-state index is 11.6. The largest absolute Gasteiger partial charge is 0.508 e. The fraction of sp³-hybridized carbons (Fsp3) is 0.429. The number of benzene rings is 1. The van der Waals surface area contributed by atoms with Gasteiger partial charge < -0.3 is 10.4 Å². The summed E-state index contributed by atoms with van der Waals surface area (Å²) in [6, 6.07) is 6.10. The maximum Gasteiger partial charge on any atom is 0.220 e. The van der Waals surface area contributed by atoms with Crippen molar-refractivity contribution in [1.29, 1.82) is 0 Å². The van der Waals surface area contributed by atoms with Gasteiger partial charge in [-0.25, -0.2) is 0 Å². The highest BCUT2D eigenvalue weighted by Crippen LogP contribution is 2.11. The van der Waals surface area contributed by atoms with Gasteiger partial charge in [0.2, 0.25) is 5.91 Å². The lowest BCUT2D eigenvalue weighted by molar-refractivity contribution is -0.126. The van der Waals surface area contributed by atoms with E-state index in [0.29, 0.717) is 25.0 Å². The molecule has 0 fully saturated rings. The van der Waals surface area contributed by atoms with Gasteiger partial charge in [-0.1, -0.05) is 12.1 Å². The fourth-order valence-electron chi connectivity index (χ4n) is 1.67. The van der Waals surface area contributed by atoms with E-state index in [-0.39, 0.29) is 17.4 Å². The Labute approximate surface area is 118 Å². The Kier molecular flexibility index (Phi) is 6.42. The number of hydrogen-bond donors (Lipinski definition) is 3. The minimum Gasteiger partial charge on any atom is -0.508 e. The van der Waals surface area contributed by atoms with E-state index in [2.05, 4.69) is 17.9 Å². The van der Waals surface area contributed by atoms with Crippen molar-refractivity contribution < 1.29 is 14.7 Å². The molecule has 1 aromatic rings. The van der Waals surface area contributed by atoms with Crippen LogP contribution in [-0.4, -0.2) is 28.6 Å². The van der Waals surface area contributed by atoms with E-state index in [4.69, 9.17) is 0 Å². The standard InChI is InChI=1S/C14H19NO3S/c1-10(16)13(15-14(18)3-2-8-19)9-11-4-6-12(17)7-5-11/h4-7,13,17,19H,2-3,8-9H2,1H3,(H,15,18)/t13-/m0/s1. The summed E-state index contributed by atoms with van der Waals surface area (Å²) in [4.78, 5) is 23.2. The molecular formula is C14H19NO3S. The Morgan fingerprint density at radius 3 is 2.47 bits per heavy atom. The zero-order valence-electron chi connectivity index (χ0n) is 10.9. The molecular weight excluding hydrogens is 262 g/mol. The van der Waals surface area contributed by atoms with Crippen molar-refractivity contribution in [2.24, 2.45) is 0 Å². The van der Waals surface area contributed by atoms with Gasteiger partial charge in [0, 0.05) is 6.42 Å². The van der Waals surface area contributed by atoms with Gasteiger partial charge in [-0.15, -0.1) is 0 Å². The lowest BCUT2D eigenvalue weighted by atomic mass is 10.0. The minimum absolute atomic E-state index is 0.0766. The second-order valence-corrected chi connectivity index (χ2v) is 4.88. The van der Waals surface area contributed by atoms with Crippen LogP contribution < -0.4 is 5.32 Å². The SMILES string of the molecule is CC(=O)[C@H](Cc1ccc(O)cc1)NC(=O)CCCS. The van der Waals surface area contributed by atoms with Crippen molar-refractivity contribution in [3.8, 4) is 5.75 Å². The summed E-state index contributed by atoms with van der Waals surface area (Å²) in [5.41, 5.74) is 0.896. The van der Waals surface area contributed by atoms with Gasteiger partial charge in [-0.05, 0) is 43.2 Å². The predicted molar refractivity (Wildman–Crippen MR) is 77.5 cm³/mol. The van der Waals surface area contributed by atoms with E-state index in [0.717, 1.165) is 5.56 Å². The number of Topliss-reactive ketones (excluding diaryl/α,β-unsaturated/α-hetero) is 1. The molecule has 0 saturated heterocycles. The Morgan fingerprint density at radius 1 is 1.32 bits per heavy atom. The molecule has 0 saturated carbocycles. The Balaban J connectivity index is 2.60. The van der Waals surface area contributed by atoms with Crippen molar-refractivity contribution in [3.05, 3.63) is 29.8 Å². The number of carbonyl (C=O) groups is 2. The summed E-state index contributed by atoms with van der Waals surface area (Å²) in [5.74, 6) is 0.622. The summed E-state index contributed by atoms with van der Waals surface area (Å²) in [6.45, 7) is 1.46. The highest BCUT2D eigenvalue weighted by Gasteiger charge is 2.17. The van der Waals surface area contributed by atoms with E-state index in [1.54, 1.807) is 24.3 Å². The highest BCUT2D eigenvalue weighted by molar-refractivity contribution is 7.80. The minimum atomic E-state index is -0.517. The molecule has 1 amide bonds. The number of rotatable bonds is 7. The smallest absolute Gasteiger partial charge is 0.220 e. The van der Waals surface area contributed by atoms with Gasteiger partial charge >= 0.3 is 0 Å². The molecule has 1 aromatic carbocycles. The first kappa shape index (κ1) is 15.6. The lowest BCUT2D eigenvalue weighted by Crippen LogP contribution is -2.41. The monoisotopic (exact) mass is 281 g/mol. The molecule has 0 spiro atoms. The average molecular weight is 281 g/mol. The van der Waals surface area contributed by atoms with E-state index in [1.807, 2.05) is 0 Å². The molecule has 0 aliphatic carbocycles.